The summed E-state index contributed by atoms with van der Waals surface area (Å²) in [7, 11) is 0. The minimum atomic E-state index is -0.0647. The zero-order chi connectivity index (χ0) is 17.1. The van der Waals surface area contributed by atoms with Gasteiger partial charge in [0.2, 0.25) is 5.95 Å². The molecular formula is C18H21N5O2. The van der Waals surface area contributed by atoms with Crippen molar-refractivity contribution < 1.29 is 9.53 Å². The van der Waals surface area contributed by atoms with Crippen molar-refractivity contribution in [2.24, 2.45) is 5.92 Å². The lowest BCUT2D eigenvalue weighted by Gasteiger charge is -2.52. The number of hydrogen-bond donors (Lipinski definition) is 1. The number of anilines is 1. The topological polar surface area (TPSA) is 80.2 Å². The van der Waals surface area contributed by atoms with Crippen LogP contribution in [0.25, 0.3) is 0 Å². The second-order valence-corrected chi connectivity index (χ2v) is 6.75. The Hall–Kier alpha value is -2.54. The van der Waals surface area contributed by atoms with Crippen molar-refractivity contribution in [1.29, 1.82) is 0 Å². The Balaban J connectivity index is 1.22. The molecule has 0 aromatic carbocycles. The molecule has 0 radical (unpaired) electrons. The maximum absolute atomic E-state index is 12.1. The second-order valence-electron chi connectivity index (χ2n) is 6.75. The van der Waals surface area contributed by atoms with Gasteiger partial charge in [-0.25, -0.2) is 9.97 Å². The molecule has 1 N–H and O–H groups in total. The summed E-state index contributed by atoms with van der Waals surface area (Å²) in [4.78, 5) is 26.7. The van der Waals surface area contributed by atoms with Crippen LogP contribution in [0.1, 0.15) is 23.2 Å². The summed E-state index contributed by atoms with van der Waals surface area (Å²) < 4.78 is 6.15. The highest BCUT2D eigenvalue weighted by Crippen LogP contribution is 2.37. The van der Waals surface area contributed by atoms with Crippen LogP contribution in [0.2, 0.25) is 0 Å². The molecule has 1 spiro atoms. The van der Waals surface area contributed by atoms with Crippen LogP contribution in [0.5, 0.6) is 0 Å². The Bertz CT molecular complexity index is 709. The van der Waals surface area contributed by atoms with Crippen molar-refractivity contribution in [3.05, 3.63) is 48.5 Å². The number of nitrogens with zero attached hydrogens (tertiary/aromatic N) is 4. The van der Waals surface area contributed by atoms with Crippen molar-refractivity contribution in [2.75, 3.05) is 31.1 Å². The molecule has 130 valence electrons. The van der Waals surface area contributed by atoms with Crippen molar-refractivity contribution in [3.8, 4) is 0 Å². The van der Waals surface area contributed by atoms with E-state index in [1.165, 1.54) is 0 Å². The summed E-state index contributed by atoms with van der Waals surface area (Å²) in [6, 6.07) is 5.26. The number of hydrogen-bond acceptors (Lipinski definition) is 6. The van der Waals surface area contributed by atoms with E-state index in [0.717, 1.165) is 31.9 Å². The Morgan fingerprint density at radius 3 is 2.68 bits per heavy atom. The van der Waals surface area contributed by atoms with E-state index in [1.807, 2.05) is 6.07 Å². The molecule has 0 bridgehead atoms. The molecular weight excluding hydrogens is 318 g/mol. The maximum atomic E-state index is 12.1. The van der Waals surface area contributed by atoms with E-state index in [-0.39, 0.29) is 11.5 Å². The summed E-state index contributed by atoms with van der Waals surface area (Å²) >= 11 is 0. The van der Waals surface area contributed by atoms with Gasteiger partial charge in [-0.1, -0.05) is 0 Å². The number of carbonyl (C=O) groups excluding carboxylic acids is 1. The summed E-state index contributed by atoms with van der Waals surface area (Å²) in [6.45, 7) is 3.00. The van der Waals surface area contributed by atoms with Crippen LogP contribution < -0.4 is 10.2 Å². The second kappa shape index (κ2) is 6.76. The summed E-state index contributed by atoms with van der Waals surface area (Å²) in [5.74, 6) is 1.07. The minimum Gasteiger partial charge on any atom is -0.371 e. The van der Waals surface area contributed by atoms with Crippen molar-refractivity contribution >= 4 is 11.9 Å². The zero-order valence-corrected chi connectivity index (χ0v) is 14.0. The third kappa shape index (κ3) is 3.46. The van der Waals surface area contributed by atoms with E-state index in [0.29, 0.717) is 24.6 Å². The van der Waals surface area contributed by atoms with Crippen LogP contribution in [0.4, 0.5) is 5.95 Å². The van der Waals surface area contributed by atoms with Crippen LogP contribution in [-0.2, 0) is 4.74 Å². The molecule has 7 heteroatoms. The highest BCUT2D eigenvalue weighted by Gasteiger charge is 2.47. The predicted molar refractivity (Wildman–Crippen MR) is 92.2 cm³/mol. The van der Waals surface area contributed by atoms with Crippen molar-refractivity contribution in [2.45, 2.75) is 18.4 Å². The monoisotopic (exact) mass is 339 g/mol. The quantitative estimate of drug-likeness (QED) is 0.904. The lowest BCUT2D eigenvalue weighted by atomic mass is 9.83. The fraction of sp³-hybridized carbons (Fsp3) is 0.444. The van der Waals surface area contributed by atoms with Gasteiger partial charge in [0.25, 0.3) is 5.91 Å². The van der Waals surface area contributed by atoms with E-state index in [9.17, 15) is 4.79 Å². The third-order valence-electron chi connectivity index (χ3n) is 4.92. The Kier molecular flexibility index (Phi) is 4.31. The molecule has 1 atom stereocenters. The largest absolute Gasteiger partial charge is 0.371 e. The molecule has 2 saturated heterocycles. The van der Waals surface area contributed by atoms with Gasteiger partial charge in [0.05, 0.1) is 19.7 Å². The summed E-state index contributed by atoms with van der Waals surface area (Å²) in [6.07, 6.45) is 8.84. The molecule has 7 nitrogen and oxygen atoms in total. The number of carbonyl (C=O) groups is 1. The van der Waals surface area contributed by atoms with Gasteiger partial charge in [0.15, 0.2) is 0 Å². The van der Waals surface area contributed by atoms with E-state index >= 15 is 0 Å². The molecule has 4 heterocycles. The standard InChI is InChI=1S/C18H21N5O2/c24-16(15-3-8-19-9-4-15)22-10-14-2-5-18(25-11-14)12-23(13-18)17-20-6-1-7-21-17/h1,3-4,6-9,14H,2,5,10-13H2,(H,22,24). The van der Waals surface area contributed by atoms with E-state index < -0.39 is 0 Å². The van der Waals surface area contributed by atoms with E-state index in [1.54, 1.807) is 36.9 Å². The first kappa shape index (κ1) is 16.0. The molecule has 0 aliphatic carbocycles. The predicted octanol–water partition coefficient (Wildman–Crippen LogP) is 1.29. The first-order valence-electron chi connectivity index (χ1n) is 8.58. The Morgan fingerprint density at radius 2 is 2.00 bits per heavy atom. The van der Waals surface area contributed by atoms with Crippen LogP contribution >= 0.6 is 0 Å². The first-order chi connectivity index (χ1) is 12.2. The fourth-order valence-corrected chi connectivity index (χ4v) is 3.42. The highest BCUT2D eigenvalue weighted by molar-refractivity contribution is 5.93. The normalized spacial score (nSPS) is 21.6. The third-order valence-corrected chi connectivity index (χ3v) is 4.92. The molecule has 1 amide bonds. The Morgan fingerprint density at radius 1 is 1.24 bits per heavy atom. The summed E-state index contributed by atoms with van der Waals surface area (Å²) in [5.41, 5.74) is 0.575. The van der Waals surface area contributed by atoms with E-state index in [2.05, 4.69) is 25.2 Å². The van der Waals surface area contributed by atoms with E-state index in [4.69, 9.17) is 4.74 Å². The zero-order valence-electron chi connectivity index (χ0n) is 14.0. The van der Waals surface area contributed by atoms with Gasteiger partial charge in [-0.05, 0) is 37.0 Å². The number of nitrogens with one attached hydrogen (secondary N) is 1. The van der Waals surface area contributed by atoms with Crippen LogP contribution in [0.3, 0.4) is 0 Å². The molecule has 2 aromatic heterocycles. The van der Waals surface area contributed by atoms with Crippen molar-refractivity contribution in [1.82, 2.24) is 20.3 Å². The molecule has 2 fully saturated rings. The van der Waals surface area contributed by atoms with Gasteiger partial charge in [0, 0.05) is 36.9 Å². The van der Waals surface area contributed by atoms with Gasteiger partial charge in [0.1, 0.15) is 5.60 Å². The number of aromatic nitrogens is 3. The van der Waals surface area contributed by atoms with Gasteiger partial charge < -0.3 is 15.0 Å². The summed E-state index contributed by atoms with van der Waals surface area (Å²) in [5, 5.41) is 2.99. The number of rotatable bonds is 4. The fourth-order valence-electron chi connectivity index (χ4n) is 3.42. The lowest BCUT2D eigenvalue weighted by Crippen LogP contribution is -2.65. The SMILES string of the molecule is O=C(NCC1CCC2(CN(c3ncccn3)C2)OC1)c1ccncc1. The highest BCUT2D eigenvalue weighted by atomic mass is 16.5. The van der Waals surface area contributed by atoms with Crippen LogP contribution in [-0.4, -0.2) is 52.7 Å². The number of ether oxygens (including phenoxy) is 1. The first-order valence-corrected chi connectivity index (χ1v) is 8.58. The molecule has 2 aromatic rings. The molecule has 1 unspecified atom stereocenters. The van der Waals surface area contributed by atoms with Crippen LogP contribution in [0.15, 0.2) is 43.0 Å². The average Bonchev–Trinajstić information content (AvgIpc) is 2.66. The molecule has 2 aliphatic heterocycles. The smallest absolute Gasteiger partial charge is 0.251 e. The van der Waals surface area contributed by atoms with Crippen molar-refractivity contribution in [3.63, 3.8) is 0 Å². The molecule has 4 rings (SSSR count). The van der Waals surface area contributed by atoms with Gasteiger partial charge in [-0.2, -0.15) is 0 Å². The number of pyridine rings is 1. The molecule has 2 aliphatic rings. The maximum Gasteiger partial charge on any atom is 0.251 e. The minimum absolute atomic E-state index is 0.0567. The van der Waals surface area contributed by atoms with Gasteiger partial charge in [-0.3, -0.25) is 9.78 Å². The molecule has 25 heavy (non-hydrogen) atoms. The van der Waals surface area contributed by atoms with Crippen LogP contribution in [0, 0.1) is 5.92 Å². The lowest BCUT2D eigenvalue weighted by molar-refractivity contribution is -0.115. The average molecular weight is 339 g/mol. The van der Waals surface area contributed by atoms with Gasteiger partial charge in [-0.15, -0.1) is 0 Å². The van der Waals surface area contributed by atoms with Gasteiger partial charge >= 0.3 is 0 Å². The number of amides is 1. The Labute approximate surface area is 146 Å². The molecule has 0 saturated carbocycles.